The van der Waals surface area contributed by atoms with Crippen LogP contribution < -0.4 is 10.5 Å². The summed E-state index contributed by atoms with van der Waals surface area (Å²) < 4.78 is 50.0. The van der Waals surface area contributed by atoms with Crippen LogP contribution in [0.4, 0.5) is 0 Å². The predicted octanol–water partition coefficient (Wildman–Crippen LogP) is 1.10. The molecule has 23 heavy (non-hydrogen) atoms. The highest BCUT2D eigenvalue weighted by molar-refractivity contribution is 7.94. The highest BCUT2D eigenvalue weighted by atomic mass is 32.3. The monoisotopic (exact) mass is 381 g/mol. The number of primary sulfonamides is 1. The van der Waals surface area contributed by atoms with Gasteiger partial charge in [0.05, 0.1) is 0 Å². The Kier molecular flexibility index (Phi) is 5.54. The van der Waals surface area contributed by atoms with Crippen molar-refractivity contribution in [3.8, 4) is 0 Å². The lowest BCUT2D eigenvalue weighted by Gasteiger charge is -2.32. The minimum absolute atomic E-state index is 0.0856. The van der Waals surface area contributed by atoms with Crippen molar-refractivity contribution in [2.24, 2.45) is 11.1 Å². The second-order valence-corrected chi connectivity index (χ2v) is 11.0. The van der Waals surface area contributed by atoms with Crippen LogP contribution >= 0.6 is 11.3 Å². The van der Waals surface area contributed by atoms with E-state index in [0.717, 1.165) is 11.3 Å². The van der Waals surface area contributed by atoms with E-state index in [1.54, 1.807) is 0 Å². The molecule has 1 aromatic heterocycles. The summed E-state index contributed by atoms with van der Waals surface area (Å²) in [6.07, 6.45) is 0.693. The summed E-state index contributed by atoms with van der Waals surface area (Å²) in [7, 11) is -7.59. The number of nitrogens with two attached hydrogens (primary N) is 1. The first-order chi connectivity index (χ1) is 10.6. The molecule has 1 aliphatic rings. The van der Waals surface area contributed by atoms with Crippen molar-refractivity contribution < 1.29 is 16.8 Å². The lowest BCUT2D eigenvalue weighted by atomic mass is 10.1. The van der Waals surface area contributed by atoms with Gasteiger partial charge in [-0.05, 0) is 24.9 Å². The van der Waals surface area contributed by atoms with E-state index in [2.05, 4.69) is 19.2 Å². The molecule has 0 saturated heterocycles. The molecule has 7 nitrogen and oxygen atoms in total. The molecule has 2 heterocycles. The van der Waals surface area contributed by atoms with Crippen LogP contribution in [0, 0.1) is 5.92 Å². The fraction of sp³-hybridized carbons (Fsp3) is 0.692. The summed E-state index contributed by atoms with van der Waals surface area (Å²) in [6, 6.07) is 1.17. The first-order valence-corrected chi connectivity index (χ1v) is 11.3. The molecule has 0 saturated carbocycles. The quantitative estimate of drug-likeness (QED) is 0.767. The molecule has 0 amide bonds. The molecule has 0 spiro atoms. The molecule has 1 aliphatic heterocycles. The lowest BCUT2D eigenvalue weighted by Crippen LogP contribution is -2.44. The Labute approximate surface area is 142 Å². The number of rotatable bonds is 6. The molecule has 1 unspecified atom stereocenters. The Bertz CT molecular complexity index is 768. The van der Waals surface area contributed by atoms with Crippen LogP contribution in [0.5, 0.6) is 0 Å². The van der Waals surface area contributed by atoms with Gasteiger partial charge in [-0.1, -0.05) is 20.8 Å². The molecular weight excluding hydrogens is 358 g/mol. The molecule has 132 valence electrons. The summed E-state index contributed by atoms with van der Waals surface area (Å²) >= 11 is 0.734. The fourth-order valence-corrected chi connectivity index (χ4v) is 6.84. The Hall–Kier alpha value is -0.520. The van der Waals surface area contributed by atoms with Crippen LogP contribution in [-0.2, 0) is 20.0 Å². The molecular formula is C13H23N3O4S3. The van der Waals surface area contributed by atoms with Crippen molar-refractivity contribution in [1.29, 1.82) is 0 Å². The number of nitrogens with zero attached hydrogens (tertiary/aromatic N) is 1. The van der Waals surface area contributed by atoms with E-state index in [1.165, 1.54) is 10.4 Å². The van der Waals surface area contributed by atoms with Crippen LogP contribution in [0.3, 0.4) is 0 Å². The Balaban J connectivity index is 2.51. The van der Waals surface area contributed by atoms with Gasteiger partial charge >= 0.3 is 0 Å². The van der Waals surface area contributed by atoms with Crippen LogP contribution in [0.1, 0.15) is 38.8 Å². The molecule has 1 atom stereocenters. The highest BCUT2D eigenvalue weighted by Gasteiger charge is 2.39. The van der Waals surface area contributed by atoms with Gasteiger partial charge in [-0.2, -0.15) is 4.31 Å². The van der Waals surface area contributed by atoms with Crippen molar-refractivity contribution >= 4 is 31.4 Å². The number of thiophene rings is 1. The third kappa shape index (κ3) is 3.94. The molecule has 2 rings (SSSR count). The standard InChI is InChI=1S/C13H23N3O4S3/c1-4-5-16-8-11(15-7-9(2)3)10-6-12(22(14,17)18)21-13(10)23(16,19)20/h6,9,11,15H,4-5,7-8H2,1-3H3,(H2,14,17,18). The number of fused-ring (bicyclic) bond motifs is 1. The number of sulfonamides is 2. The van der Waals surface area contributed by atoms with Crippen molar-refractivity contribution in [2.75, 3.05) is 19.6 Å². The number of nitrogens with one attached hydrogen (secondary N) is 1. The van der Waals surface area contributed by atoms with E-state index >= 15 is 0 Å². The van der Waals surface area contributed by atoms with E-state index in [9.17, 15) is 16.8 Å². The SMILES string of the molecule is CCCN1CC(NCC(C)C)c2cc(S(N)(=O)=O)sc2S1(=O)=O. The minimum Gasteiger partial charge on any atom is -0.309 e. The van der Waals surface area contributed by atoms with Gasteiger partial charge in [0.2, 0.25) is 10.0 Å². The van der Waals surface area contributed by atoms with Gasteiger partial charge in [0.1, 0.15) is 8.42 Å². The zero-order chi connectivity index (χ0) is 17.4. The van der Waals surface area contributed by atoms with Crippen LogP contribution in [-0.4, -0.2) is 40.8 Å². The van der Waals surface area contributed by atoms with Crippen molar-refractivity contribution in [1.82, 2.24) is 9.62 Å². The maximum Gasteiger partial charge on any atom is 0.252 e. The van der Waals surface area contributed by atoms with E-state index in [1.807, 2.05) is 6.92 Å². The summed E-state index contributed by atoms with van der Waals surface area (Å²) in [4.78, 5) is 0. The van der Waals surface area contributed by atoms with Gasteiger partial charge in [-0.15, -0.1) is 11.3 Å². The van der Waals surface area contributed by atoms with Crippen molar-refractivity contribution in [3.63, 3.8) is 0 Å². The maximum atomic E-state index is 12.7. The second kappa shape index (κ2) is 6.77. The Morgan fingerprint density at radius 1 is 1.48 bits per heavy atom. The summed E-state index contributed by atoms with van der Waals surface area (Å²) in [6.45, 7) is 7.44. The first-order valence-electron chi connectivity index (χ1n) is 7.47. The zero-order valence-electron chi connectivity index (χ0n) is 13.4. The number of hydrogen-bond donors (Lipinski definition) is 2. The van der Waals surface area contributed by atoms with E-state index in [4.69, 9.17) is 5.14 Å². The summed E-state index contributed by atoms with van der Waals surface area (Å²) in [5.41, 5.74) is 0.507. The van der Waals surface area contributed by atoms with Crippen LogP contribution in [0.2, 0.25) is 0 Å². The average Bonchev–Trinajstić information content (AvgIpc) is 2.87. The zero-order valence-corrected chi connectivity index (χ0v) is 15.9. The third-order valence-electron chi connectivity index (χ3n) is 3.56. The first kappa shape index (κ1) is 18.8. The Morgan fingerprint density at radius 2 is 2.13 bits per heavy atom. The normalized spacial score (nSPS) is 21.5. The van der Waals surface area contributed by atoms with Crippen LogP contribution in [0.15, 0.2) is 14.5 Å². The Morgan fingerprint density at radius 3 is 2.65 bits per heavy atom. The maximum absolute atomic E-state index is 12.7. The summed E-state index contributed by atoms with van der Waals surface area (Å²) in [5.74, 6) is 0.396. The van der Waals surface area contributed by atoms with Gasteiger partial charge in [-0.3, -0.25) is 0 Å². The van der Waals surface area contributed by atoms with E-state index < -0.39 is 20.0 Å². The summed E-state index contributed by atoms with van der Waals surface area (Å²) in [5, 5.41) is 8.51. The van der Waals surface area contributed by atoms with Gasteiger partial charge in [0.25, 0.3) is 10.0 Å². The second-order valence-electron chi connectivity index (χ2n) is 6.07. The highest BCUT2D eigenvalue weighted by Crippen LogP contribution is 2.39. The van der Waals surface area contributed by atoms with Gasteiger partial charge < -0.3 is 5.32 Å². The van der Waals surface area contributed by atoms with Crippen molar-refractivity contribution in [3.05, 3.63) is 11.6 Å². The molecule has 10 heteroatoms. The predicted molar refractivity (Wildman–Crippen MR) is 90.3 cm³/mol. The third-order valence-corrected chi connectivity index (χ3v) is 8.53. The topological polar surface area (TPSA) is 110 Å². The molecule has 0 fully saturated rings. The van der Waals surface area contributed by atoms with E-state index in [0.29, 0.717) is 37.5 Å². The van der Waals surface area contributed by atoms with Gasteiger partial charge in [0.15, 0.2) is 0 Å². The van der Waals surface area contributed by atoms with Crippen molar-refractivity contribution in [2.45, 2.75) is 41.7 Å². The molecule has 1 aromatic rings. The molecule has 0 aromatic carbocycles. The number of hydrogen-bond acceptors (Lipinski definition) is 6. The molecule has 3 N–H and O–H groups in total. The van der Waals surface area contributed by atoms with Gasteiger partial charge in [0, 0.05) is 24.7 Å². The molecule has 0 bridgehead atoms. The smallest absolute Gasteiger partial charge is 0.252 e. The lowest BCUT2D eigenvalue weighted by molar-refractivity contribution is 0.333. The largest absolute Gasteiger partial charge is 0.309 e. The minimum atomic E-state index is -3.92. The fourth-order valence-electron chi connectivity index (χ4n) is 2.48. The van der Waals surface area contributed by atoms with Crippen LogP contribution in [0.25, 0.3) is 0 Å². The average molecular weight is 382 g/mol. The molecule has 0 aliphatic carbocycles. The molecule has 0 radical (unpaired) electrons. The van der Waals surface area contributed by atoms with Gasteiger partial charge in [-0.25, -0.2) is 22.0 Å². The van der Waals surface area contributed by atoms with E-state index in [-0.39, 0.29) is 14.5 Å².